The molecule has 0 spiro atoms. The molecule has 0 saturated carbocycles. The summed E-state index contributed by atoms with van der Waals surface area (Å²) in [6, 6.07) is -0.202. The number of hydrogen-bond donors (Lipinski definition) is 2. The molecule has 7 nitrogen and oxygen atoms in total. The summed E-state index contributed by atoms with van der Waals surface area (Å²) in [5, 5.41) is 13.5. The van der Waals surface area contributed by atoms with Gasteiger partial charge in [0.15, 0.2) is 0 Å². The number of aromatic nitrogens is 4. The van der Waals surface area contributed by atoms with Gasteiger partial charge in [0, 0.05) is 6.04 Å². The Morgan fingerprint density at radius 3 is 2.64 bits per heavy atom. The third-order valence-corrected chi connectivity index (χ3v) is 1.95. The first kappa shape index (κ1) is 10.6. The molecule has 1 rings (SSSR count). The Kier molecular flexibility index (Phi) is 3.13. The van der Waals surface area contributed by atoms with Gasteiger partial charge in [0.2, 0.25) is 5.91 Å². The summed E-state index contributed by atoms with van der Waals surface area (Å²) in [7, 11) is 1.62. The summed E-state index contributed by atoms with van der Waals surface area (Å²) >= 11 is 0. The fraction of sp³-hybridized carbons (Fsp3) is 0.714. The number of carbonyl (C=O) groups excluding carboxylic acids is 1. The molecule has 0 aliphatic carbocycles. The van der Waals surface area contributed by atoms with Crippen LogP contribution in [0, 0.1) is 5.92 Å². The first-order chi connectivity index (χ1) is 6.50. The second kappa shape index (κ2) is 4.14. The molecule has 0 aromatic carbocycles. The van der Waals surface area contributed by atoms with Crippen LogP contribution in [0.25, 0.3) is 0 Å². The van der Waals surface area contributed by atoms with Gasteiger partial charge < -0.3 is 5.73 Å². The van der Waals surface area contributed by atoms with Gasteiger partial charge in [-0.2, -0.15) is 4.80 Å². The fourth-order valence-electron chi connectivity index (χ4n) is 0.797. The van der Waals surface area contributed by atoms with E-state index in [0.29, 0.717) is 0 Å². The van der Waals surface area contributed by atoms with Gasteiger partial charge in [-0.05, 0) is 12.1 Å². The molecule has 0 aliphatic rings. The van der Waals surface area contributed by atoms with E-state index in [9.17, 15) is 4.79 Å². The van der Waals surface area contributed by atoms with E-state index >= 15 is 0 Å². The third-order valence-electron chi connectivity index (χ3n) is 1.95. The lowest BCUT2D eigenvalue weighted by Gasteiger charge is -2.13. The molecule has 0 fully saturated rings. The van der Waals surface area contributed by atoms with Crippen molar-refractivity contribution in [3.63, 3.8) is 0 Å². The molecule has 78 valence electrons. The van der Waals surface area contributed by atoms with Crippen molar-refractivity contribution in [3.8, 4) is 0 Å². The monoisotopic (exact) mass is 198 g/mol. The highest BCUT2D eigenvalue weighted by Gasteiger charge is 2.18. The molecule has 2 unspecified atom stereocenters. The van der Waals surface area contributed by atoms with Gasteiger partial charge in [-0.25, -0.2) is 0 Å². The molecule has 14 heavy (non-hydrogen) atoms. The Labute approximate surface area is 81.7 Å². The Bertz CT molecular complexity index is 320. The van der Waals surface area contributed by atoms with E-state index in [0.717, 1.165) is 0 Å². The van der Waals surface area contributed by atoms with E-state index < -0.39 is 0 Å². The molecule has 0 saturated heterocycles. The zero-order chi connectivity index (χ0) is 10.7. The highest BCUT2D eigenvalue weighted by Crippen LogP contribution is 2.03. The van der Waals surface area contributed by atoms with Crippen LogP contribution in [0.4, 0.5) is 5.95 Å². The number of nitrogens with zero attached hydrogens (tertiary/aromatic N) is 4. The molecule has 1 aromatic heterocycles. The molecule has 1 amide bonds. The maximum atomic E-state index is 11.5. The van der Waals surface area contributed by atoms with Gasteiger partial charge in [0.05, 0.1) is 13.0 Å². The van der Waals surface area contributed by atoms with Crippen molar-refractivity contribution in [2.45, 2.75) is 19.9 Å². The summed E-state index contributed by atoms with van der Waals surface area (Å²) in [5.41, 5.74) is 5.57. The molecule has 0 radical (unpaired) electrons. The van der Waals surface area contributed by atoms with Crippen molar-refractivity contribution >= 4 is 11.9 Å². The predicted octanol–water partition coefficient (Wildman–Crippen LogP) is -0.868. The van der Waals surface area contributed by atoms with E-state index in [4.69, 9.17) is 5.73 Å². The summed E-state index contributed by atoms with van der Waals surface area (Å²) in [6.45, 7) is 3.52. The molecule has 7 heteroatoms. The van der Waals surface area contributed by atoms with Crippen molar-refractivity contribution < 1.29 is 4.79 Å². The van der Waals surface area contributed by atoms with E-state index in [1.54, 1.807) is 20.9 Å². The number of carbonyl (C=O) groups is 1. The van der Waals surface area contributed by atoms with Gasteiger partial charge in [-0.1, -0.05) is 12.0 Å². The highest BCUT2D eigenvalue weighted by atomic mass is 16.2. The van der Waals surface area contributed by atoms with E-state index in [2.05, 4.69) is 20.7 Å². The standard InChI is InChI=1S/C7H14N6O/c1-4(5(2)8)6(14)9-7-10-12-13(3)11-7/h4-5H,8H2,1-3H3,(H,9,11,14). The summed E-state index contributed by atoms with van der Waals surface area (Å²) in [4.78, 5) is 12.7. The lowest BCUT2D eigenvalue weighted by molar-refractivity contribution is -0.119. The molecular formula is C7H14N6O. The second-order valence-corrected chi connectivity index (χ2v) is 3.24. The van der Waals surface area contributed by atoms with E-state index in [1.807, 2.05) is 0 Å². The van der Waals surface area contributed by atoms with Gasteiger partial charge in [-0.3, -0.25) is 10.1 Å². The van der Waals surface area contributed by atoms with E-state index in [1.165, 1.54) is 4.80 Å². The number of amides is 1. The number of nitrogens with one attached hydrogen (secondary N) is 1. The van der Waals surface area contributed by atoms with Crippen LogP contribution in [0.3, 0.4) is 0 Å². The van der Waals surface area contributed by atoms with Crippen molar-refractivity contribution in [1.82, 2.24) is 20.2 Å². The van der Waals surface area contributed by atoms with Gasteiger partial charge >= 0.3 is 0 Å². The number of rotatable bonds is 3. The minimum absolute atomic E-state index is 0.199. The van der Waals surface area contributed by atoms with Gasteiger partial charge in [-0.15, -0.1) is 5.10 Å². The largest absolute Gasteiger partial charge is 0.327 e. The second-order valence-electron chi connectivity index (χ2n) is 3.24. The van der Waals surface area contributed by atoms with Gasteiger partial charge in [0.25, 0.3) is 5.95 Å². The molecule has 3 N–H and O–H groups in total. The van der Waals surface area contributed by atoms with E-state index in [-0.39, 0.29) is 23.8 Å². The molecule has 2 atom stereocenters. The summed E-state index contributed by atoms with van der Waals surface area (Å²) in [6.07, 6.45) is 0. The highest BCUT2D eigenvalue weighted by molar-refractivity contribution is 5.90. The number of hydrogen-bond acceptors (Lipinski definition) is 5. The fourth-order valence-corrected chi connectivity index (χ4v) is 0.797. The maximum Gasteiger partial charge on any atom is 0.270 e. The maximum absolute atomic E-state index is 11.5. The first-order valence-corrected chi connectivity index (χ1v) is 4.31. The Balaban J connectivity index is 2.57. The topological polar surface area (TPSA) is 98.7 Å². The predicted molar refractivity (Wildman–Crippen MR) is 50.2 cm³/mol. The average molecular weight is 198 g/mol. The van der Waals surface area contributed by atoms with Crippen LogP contribution in [-0.4, -0.2) is 32.2 Å². The van der Waals surface area contributed by atoms with Crippen molar-refractivity contribution in [2.75, 3.05) is 5.32 Å². The van der Waals surface area contributed by atoms with Crippen LogP contribution >= 0.6 is 0 Å². The molecule has 0 bridgehead atoms. The Hall–Kier alpha value is -1.50. The quantitative estimate of drug-likeness (QED) is 0.658. The van der Waals surface area contributed by atoms with Crippen LogP contribution in [0.5, 0.6) is 0 Å². The number of anilines is 1. The molecule has 1 aromatic rings. The van der Waals surface area contributed by atoms with Crippen LogP contribution in [0.2, 0.25) is 0 Å². The van der Waals surface area contributed by atoms with Crippen molar-refractivity contribution in [2.24, 2.45) is 18.7 Å². The normalized spacial score (nSPS) is 14.9. The average Bonchev–Trinajstić information content (AvgIpc) is 2.49. The van der Waals surface area contributed by atoms with Crippen molar-refractivity contribution in [1.29, 1.82) is 0 Å². The summed E-state index contributed by atoms with van der Waals surface area (Å²) < 4.78 is 0. The summed E-state index contributed by atoms with van der Waals surface area (Å²) in [5.74, 6) is -0.281. The third kappa shape index (κ3) is 2.49. The lowest BCUT2D eigenvalue weighted by Crippen LogP contribution is -2.34. The number of nitrogens with two attached hydrogens (primary N) is 1. The zero-order valence-electron chi connectivity index (χ0n) is 8.43. The SMILES string of the molecule is CC(N)C(C)C(=O)Nc1nnn(C)n1. The van der Waals surface area contributed by atoms with Crippen LogP contribution in [-0.2, 0) is 11.8 Å². The minimum Gasteiger partial charge on any atom is -0.327 e. The number of tetrazole rings is 1. The molecule has 1 heterocycles. The molecular weight excluding hydrogens is 184 g/mol. The number of aryl methyl sites for hydroxylation is 1. The van der Waals surface area contributed by atoms with Crippen LogP contribution < -0.4 is 11.1 Å². The van der Waals surface area contributed by atoms with Crippen molar-refractivity contribution in [3.05, 3.63) is 0 Å². The Morgan fingerprint density at radius 1 is 1.57 bits per heavy atom. The Morgan fingerprint density at radius 2 is 2.21 bits per heavy atom. The van der Waals surface area contributed by atoms with Crippen LogP contribution in [0.15, 0.2) is 0 Å². The molecule has 0 aliphatic heterocycles. The zero-order valence-corrected chi connectivity index (χ0v) is 8.43. The minimum atomic E-state index is -0.279. The van der Waals surface area contributed by atoms with Crippen LogP contribution in [0.1, 0.15) is 13.8 Å². The first-order valence-electron chi connectivity index (χ1n) is 4.31. The van der Waals surface area contributed by atoms with Gasteiger partial charge in [0.1, 0.15) is 0 Å². The smallest absolute Gasteiger partial charge is 0.270 e. The lowest BCUT2D eigenvalue weighted by atomic mass is 10.0.